The van der Waals surface area contributed by atoms with Gasteiger partial charge in [0.15, 0.2) is 11.5 Å². The molecule has 6 nitrogen and oxygen atoms in total. The summed E-state index contributed by atoms with van der Waals surface area (Å²) >= 11 is 0. The smallest absolute Gasteiger partial charge is 0.323 e. The van der Waals surface area contributed by atoms with Gasteiger partial charge in [0, 0.05) is 12.1 Å². The summed E-state index contributed by atoms with van der Waals surface area (Å²) in [6.07, 6.45) is 1.48. The highest BCUT2D eigenvalue weighted by atomic mass is 16.6. The van der Waals surface area contributed by atoms with E-state index < -0.39 is 5.97 Å². The van der Waals surface area contributed by atoms with E-state index in [1.54, 1.807) is 18.2 Å². The van der Waals surface area contributed by atoms with Gasteiger partial charge in [-0.3, -0.25) is 9.59 Å². The van der Waals surface area contributed by atoms with Gasteiger partial charge in [-0.2, -0.15) is 0 Å². The van der Waals surface area contributed by atoms with E-state index in [9.17, 15) is 9.59 Å². The number of rotatable bonds is 5. The predicted molar refractivity (Wildman–Crippen MR) is 71.2 cm³/mol. The number of benzene rings is 1. The third-order valence-electron chi connectivity index (χ3n) is 2.75. The molecule has 20 heavy (non-hydrogen) atoms. The molecule has 1 aromatic rings. The van der Waals surface area contributed by atoms with Crippen LogP contribution in [0.3, 0.4) is 0 Å². The highest BCUT2D eigenvalue weighted by Crippen LogP contribution is 2.31. The molecule has 0 radical (unpaired) electrons. The monoisotopic (exact) mass is 277 g/mol. The molecule has 0 bridgehead atoms. The van der Waals surface area contributed by atoms with E-state index in [0.717, 1.165) is 0 Å². The van der Waals surface area contributed by atoms with Crippen LogP contribution in [0.5, 0.6) is 11.5 Å². The van der Waals surface area contributed by atoms with Gasteiger partial charge < -0.3 is 19.5 Å². The number of aliphatic carboxylic acids is 1. The molecule has 1 aliphatic heterocycles. The molecule has 6 heteroatoms. The van der Waals surface area contributed by atoms with Crippen LogP contribution in [0.4, 0.5) is 0 Å². The molecule has 0 aromatic heterocycles. The third-order valence-corrected chi connectivity index (χ3v) is 2.75. The summed E-state index contributed by atoms with van der Waals surface area (Å²) in [5, 5.41) is 8.83. The van der Waals surface area contributed by atoms with Gasteiger partial charge in [0.1, 0.15) is 19.8 Å². The van der Waals surface area contributed by atoms with Crippen LogP contribution in [0.15, 0.2) is 30.9 Å². The molecule has 0 fully saturated rings. The molecule has 0 saturated carbocycles. The Morgan fingerprint density at radius 3 is 2.65 bits per heavy atom. The molecular weight excluding hydrogens is 262 g/mol. The summed E-state index contributed by atoms with van der Waals surface area (Å²) in [5.41, 5.74) is 0.359. The molecule has 106 valence electrons. The Bertz CT molecular complexity index is 540. The largest absolute Gasteiger partial charge is 0.486 e. The fraction of sp³-hybridized carbons (Fsp3) is 0.286. The predicted octanol–water partition coefficient (Wildman–Crippen LogP) is 1.17. The van der Waals surface area contributed by atoms with Gasteiger partial charge in [0.2, 0.25) is 0 Å². The fourth-order valence-corrected chi connectivity index (χ4v) is 1.90. The normalized spacial score (nSPS) is 12.6. The molecule has 0 spiro atoms. The Kier molecular flexibility index (Phi) is 4.24. The van der Waals surface area contributed by atoms with E-state index in [-0.39, 0.29) is 19.0 Å². The summed E-state index contributed by atoms with van der Waals surface area (Å²) in [6, 6.07) is 4.80. The van der Waals surface area contributed by atoms with Crippen molar-refractivity contribution in [3.63, 3.8) is 0 Å². The third kappa shape index (κ3) is 3.09. The Hall–Kier alpha value is -2.50. The van der Waals surface area contributed by atoms with E-state index in [0.29, 0.717) is 30.3 Å². The molecule has 2 rings (SSSR count). The zero-order valence-electron chi connectivity index (χ0n) is 10.9. The van der Waals surface area contributed by atoms with Gasteiger partial charge in [0.05, 0.1) is 0 Å². The Labute approximate surface area is 116 Å². The Morgan fingerprint density at radius 2 is 2.00 bits per heavy atom. The maximum atomic E-state index is 12.3. The van der Waals surface area contributed by atoms with Crippen LogP contribution in [0.25, 0.3) is 0 Å². The van der Waals surface area contributed by atoms with Gasteiger partial charge in [-0.1, -0.05) is 6.08 Å². The first-order valence-corrected chi connectivity index (χ1v) is 6.13. The van der Waals surface area contributed by atoms with Crippen molar-refractivity contribution in [1.29, 1.82) is 0 Å². The SMILES string of the molecule is C=CCN(CC(=O)O)C(=O)c1ccc2c(c1)OCCO2. The summed E-state index contributed by atoms with van der Waals surface area (Å²) in [7, 11) is 0. The first-order valence-electron chi connectivity index (χ1n) is 6.13. The molecule has 1 amide bonds. The molecule has 1 aliphatic rings. The van der Waals surface area contributed by atoms with Crippen molar-refractivity contribution in [2.75, 3.05) is 26.3 Å². The van der Waals surface area contributed by atoms with E-state index in [1.807, 2.05) is 0 Å². The standard InChI is InChI=1S/C14H15NO5/c1-2-5-15(9-13(16)17)14(18)10-3-4-11-12(8-10)20-7-6-19-11/h2-4,8H,1,5-7,9H2,(H,16,17). The van der Waals surface area contributed by atoms with Gasteiger partial charge in [-0.05, 0) is 18.2 Å². The topological polar surface area (TPSA) is 76.1 Å². The molecule has 1 aromatic carbocycles. The lowest BCUT2D eigenvalue weighted by Crippen LogP contribution is -2.35. The molecule has 0 aliphatic carbocycles. The van der Waals surface area contributed by atoms with Crippen LogP contribution in [-0.4, -0.2) is 48.2 Å². The Balaban J connectivity index is 2.22. The van der Waals surface area contributed by atoms with Crippen molar-refractivity contribution in [2.24, 2.45) is 0 Å². The lowest BCUT2D eigenvalue weighted by Gasteiger charge is -2.21. The number of ether oxygens (including phenoxy) is 2. The molecule has 0 saturated heterocycles. The lowest BCUT2D eigenvalue weighted by molar-refractivity contribution is -0.137. The zero-order valence-corrected chi connectivity index (χ0v) is 10.9. The second-order valence-electron chi connectivity index (χ2n) is 4.23. The molecular formula is C14H15NO5. The summed E-state index contributed by atoms with van der Waals surface area (Å²) in [5.74, 6) is -0.376. The van der Waals surface area contributed by atoms with Crippen molar-refractivity contribution in [1.82, 2.24) is 4.90 Å². The van der Waals surface area contributed by atoms with Crippen LogP contribution in [-0.2, 0) is 4.79 Å². The second-order valence-corrected chi connectivity index (χ2v) is 4.23. The number of fused-ring (bicyclic) bond motifs is 1. The van der Waals surface area contributed by atoms with Crippen LogP contribution >= 0.6 is 0 Å². The van der Waals surface area contributed by atoms with Crippen molar-refractivity contribution < 1.29 is 24.2 Å². The van der Waals surface area contributed by atoms with Crippen molar-refractivity contribution in [2.45, 2.75) is 0 Å². The number of amides is 1. The van der Waals surface area contributed by atoms with Gasteiger partial charge in [-0.15, -0.1) is 6.58 Å². The van der Waals surface area contributed by atoms with Gasteiger partial charge in [0.25, 0.3) is 5.91 Å². The van der Waals surface area contributed by atoms with E-state index in [1.165, 1.54) is 11.0 Å². The fourth-order valence-electron chi connectivity index (χ4n) is 1.90. The number of hydrogen-bond acceptors (Lipinski definition) is 4. The summed E-state index contributed by atoms with van der Waals surface area (Å²) in [4.78, 5) is 24.2. The van der Waals surface area contributed by atoms with Gasteiger partial charge in [-0.25, -0.2) is 0 Å². The quantitative estimate of drug-likeness (QED) is 0.818. The maximum absolute atomic E-state index is 12.3. The highest BCUT2D eigenvalue weighted by molar-refractivity contribution is 5.96. The van der Waals surface area contributed by atoms with Crippen molar-refractivity contribution in [3.8, 4) is 11.5 Å². The molecule has 1 heterocycles. The number of carbonyl (C=O) groups is 2. The van der Waals surface area contributed by atoms with E-state index in [4.69, 9.17) is 14.6 Å². The molecule has 1 N–H and O–H groups in total. The lowest BCUT2D eigenvalue weighted by atomic mass is 10.1. The van der Waals surface area contributed by atoms with Crippen molar-refractivity contribution >= 4 is 11.9 Å². The first kappa shape index (κ1) is 13.9. The average Bonchev–Trinajstić information content (AvgIpc) is 2.45. The number of nitrogens with zero attached hydrogens (tertiary/aromatic N) is 1. The average molecular weight is 277 g/mol. The van der Waals surface area contributed by atoms with E-state index >= 15 is 0 Å². The van der Waals surface area contributed by atoms with Crippen LogP contribution in [0.1, 0.15) is 10.4 Å². The van der Waals surface area contributed by atoms with E-state index in [2.05, 4.69) is 6.58 Å². The summed E-state index contributed by atoms with van der Waals surface area (Å²) < 4.78 is 10.8. The first-order chi connectivity index (χ1) is 9.61. The summed E-state index contributed by atoms with van der Waals surface area (Å²) in [6.45, 7) is 4.21. The Morgan fingerprint density at radius 1 is 1.30 bits per heavy atom. The minimum Gasteiger partial charge on any atom is -0.486 e. The molecule has 0 unspecified atom stereocenters. The van der Waals surface area contributed by atoms with Crippen molar-refractivity contribution in [3.05, 3.63) is 36.4 Å². The molecule has 0 atom stereocenters. The number of hydrogen-bond donors (Lipinski definition) is 1. The zero-order chi connectivity index (χ0) is 14.5. The highest BCUT2D eigenvalue weighted by Gasteiger charge is 2.20. The minimum atomic E-state index is -1.07. The number of carboxylic acids is 1. The van der Waals surface area contributed by atoms with Gasteiger partial charge >= 0.3 is 5.97 Å². The minimum absolute atomic E-state index is 0.166. The van der Waals surface area contributed by atoms with Crippen LogP contribution < -0.4 is 9.47 Å². The second kappa shape index (κ2) is 6.10. The van der Waals surface area contributed by atoms with Crippen LogP contribution in [0, 0.1) is 0 Å². The maximum Gasteiger partial charge on any atom is 0.323 e. The number of carboxylic acid groups (broad SMARTS) is 1. The van der Waals surface area contributed by atoms with Crippen LogP contribution in [0.2, 0.25) is 0 Å². The number of carbonyl (C=O) groups excluding carboxylic acids is 1.